The quantitative estimate of drug-likeness (QED) is 0.800. The summed E-state index contributed by atoms with van der Waals surface area (Å²) in [4.78, 5) is 0. The topological polar surface area (TPSA) is 20.2 Å². The molecule has 1 rings (SSSR count). The van der Waals surface area contributed by atoms with E-state index in [9.17, 15) is 18.3 Å². The summed E-state index contributed by atoms with van der Waals surface area (Å²) in [7, 11) is 0. The van der Waals surface area contributed by atoms with Crippen molar-refractivity contribution in [3.05, 3.63) is 0 Å². The van der Waals surface area contributed by atoms with Gasteiger partial charge in [0.15, 0.2) is 0 Å². The fourth-order valence-corrected chi connectivity index (χ4v) is 3.19. The monoisotopic (exact) mass is 252 g/mol. The van der Waals surface area contributed by atoms with Crippen LogP contribution in [0.15, 0.2) is 0 Å². The van der Waals surface area contributed by atoms with Crippen LogP contribution in [0.4, 0.5) is 13.2 Å². The first-order valence-corrected chi connectivity index (χ1v) is 6.43. The molecule has 1 saturated carbocycles. The van der Waals surface area contributed by atoms with E-state index in [0.717, 1.165) is 12.8 Å². The highest BCUT2D eigenvalue weighted by atomic mass is 19.4. The first kappa shape index (κ1) is 14.8. The van der Waals surface area contributed by atoms with Gasteiger partial charge in [-0.1, -0.05) is 27.2 Å². The average molecular weight is 252 g/mol. The molecule has 0 aliphatic heterocycles. The summed E-state index contributed by atoms with van der Waals surface area (Å²) in [6, 6.07) is 0. The molecule has 1 N–H and O–H groups in total. The molecule has 1 aliphatic carbocycles. The maximum absolute atomic E-state index is 12.3. The molecule has 1 nitrogen and oxygen atoms in total. The van der Waals surface area contributed by atoms with Crippen LogP contribution in [-0.4, -0.2) is 16.9 Å². The third-order valence-electron chi connectivity index (χ3n) is 4.01. The summed E-state index contributed by atoms with van der Waals surface area (Å²) in [6.07, 6.45) is -2.84. The lowest BCUT2D eigenvalue weighted by Gasteiger charge is -2.45. The van der Waals surface area contributed by atoms with Gasteiger partial charge in [-0.15, -0.1) is 0 Å². The second-order valence-electron chi connectivity index (χ2n) is 5.96. The van der Waals surface area contributed by atoms with Crippen LogP contribution in [0.5, 0.6) is 0 Å². The molecular formula is C13H23F3O. The normalized spacial score (nSPS) is 35.3. The maximum Gasteiger partial charge on any atom is 0.389 e. The maximum atomic E-state index is 12.3. The standard InChI is InChI=1S/C13H23F3O/c1-9(2)11-5-4-10(3)8-12(11,17)6-7-13(14,15)16/h9-11,17H,4-8H2,1-3H3. The molecular weight excluding hydrogens is 229 g/mol. The highest BCUT2D eigenvalue weighted by molar-refractivity contribution is 4.93. The number of hydrogen-bond donors (Lipinski definition) is 1. The van der Waals surface area contributed by atoms with Crippen LogP contribution in [0.1, 0.15) is 52.9 Å². The molecule has 17 heavy (non-hydrogen) atoms. The average Bonchev–Trinajstić information content (AvgIpc) is 2.13. The van der Waals surface area contributed by atoms with Crippen LogP contribution in [0, 0.1) is 17.8 Å². The summed E-state index contributed by atoms with van der Waals surface area (Å²) in [5, 5.41) is 10.5. The number of alkyl halides is 3. The van der Waals surface area contributed by atoms with Crippen molar-refractivity contribution >= 4 is 0 Å². The number of hydrogen-bond acceptors (Lipinski definition) is 1. The molecule has 0 aromatic heterocycles. The van der Waals surface area contributed by atoms with E-state index >= 15 is 0 Å². The second kappa shape index (κ2) is 5.17. The fraction of sp³-hybridized carbons (Fsp3) is 1.00. The first-order valence-electron chi connectivity index (χ1n) is 6.43. The molecule has 0 spiro atoms. The second-order valence-corrected chi connectivity index (χ2v) is 5.96. The van der Waals surface area contributed by atoms with E-state index in [0.29, 0.717) is 12.3 Å². The summed E-state index contributed by atoms with van der Waals surface area (Å²) >= 11 is 0. The van der Waals surface area contributed by atoms with Gasteiger partial charge in [0.2, 0.25) is 0 Å². The molecule has 0 amide bonds. The lowest BCUT2D eigenvalue weighted by Crippen LogP contribution is -2.46. The van der Waals surface area contributed by atoms with Crippen molar-refractivity contribution in [3.63, 3.8) is 0 Å². The summed E-state index contributed by atoms with van der Waals surface area (Å²) in [5.74, 6) is 0.560. The minimum atomic E-state index is -4.17. The van der Waals surface area contributed by atoms with Gasteiger partial charge in [0.25, 0.3) is 0 Å². The predicted molar refractivity (Wildman–Crippen MR) is 61.6 cm³/mol. The van der Waals surface area contributed by atoms with E-state index in [4.69, 9.17) is 0 Å². The Kier molecular flexibility index (Phi) is 4.50. The van der Waals surface area contributed by atoms with Gasteiger partial charge < -0.3 is 5.11 Å². The van der Waals surface area contributed by atoms with E-state index in [1.54, 1.807) is 0 Å². The summed E-state index contributed by atoms with van der Waals surface area (Å²) in [5.41, 5.74) is -1.12. The third kappa shape index (κ3) is 4.16. The molecule has 3 atom stereocenters. The molecule has 3 unspecified atom stereocenters. The molecule has 0 aromatic rings. The van der Waals surface area contributed by atoms with Gasteiger partial charge in [-0.3, -0.25) is 0 Å². The number of aliphatic hydroxyl groups is 1. The summed E-state index contributed by atoms with van der Waals surface area (Å²) < 4.78 is 36.9. The zero-order valence-electron chi connectivity index (χ0n) is 10.8. The van der Waals surface area contributed by atoms with E-state index in [1.807, 2.05) is 20.8 Å². The minimum Gasteiger partial charge on any atom is -0.390 e. The van der Waals surface area contributed by atoms with Crippen LogP contribution < -0.4 is 0 Å². The smallest absolute Gasteiger partial charge is 0.389 e. The van der Waals surface area contributed by atoms with Crippen molar-refractivity contribution in [3.8, 4) is 0 Å². The van der Waals surface area contributed by atoms with Crippen molar-refractivity contribution in [2.75, 3.05) is 0 Å². The Morgan fingerprint density at radius 1 is 1.29 bits per heavy atom. The molecule has 0 bridgehead atoms. The molecule has 1 fully saturated rings. The zero-order valence-corrected chi connectivity index (χ0v) is 10.8. The van der Waals surface area contributed by atoms with Gasteiger partial charge in [-0.2, -0.15) is 13.2 Å². The predicted octanol–water partition coefficient (Wildman–Crippen LogP) is 4.15. The third-order valence-corrected chi connectivity index (χ3v) is 4.01. The number of halogens is 3. The Balaban J connectivity index is 2.71. The van der Waals surface area contributed by atoms with Crippen molar-refractivity contribution < 1.29 is 18.3 Å². The lowest BCUT2D eigenvalue weighted by molar-refractivity contribution is -0.161. The van der Waals surface area contributed by atoms with E-state index in [2.05, 4.69) is 0 Å². The lowest BCUT2D eigenvalue weighted by atomic mass is 9.65. The fourth-order valence-electron chi connectivity index (χ4n) is 3.19. The Hall–Kier alpha value is -0.250. The Labute approximate surface area is 101 Å². The molecule has 0 aromatic carbocycles. The van der Waals surface area contributed by atoms with E-state index in [-0.39, 0.29) is 18.3 Å². The van der Waals surface area contributed by atoms with Gasteiger partial charge in [0.05, 0.1) is 5.60 Å². The number of rotatable bonds is 3. The van der Waals surface area contributed by atoms with Crippen molar-refractivity contribution in [2.45, 2.75) is 64.7 Å². The first-order chi connectivity index (χ1) is 7.64. The highest BCUT2D eigenvalue weighted by Gasteiger charge is 2.44. The van der Waals surface area contributed by atoms with Crippen LogP contribution in [0.25, 0.3) is 0 Å². The molecule has 0 heterocycles. The van der Waals surface area contributed by atoms with Gasteiger partial charge in [0.1, 0.15) is 0 Å². The van der Waals surface area contributed by atoms with Gasteiger partial charge in [-0.25, -0.2) is 0 Å². The highest BCUT2D eigenvalue weighted by Crippen LogP contribution is 2.44. The van der Waals surface area contributed by atoms with Crippen LogP contribution >= 0.6 is 0 Å². The largest absolute Gasteiger partial charge is 0.390 e. The Bertz CT molecular complexity index is 250. The Morgan fingerprint density at radius 3 is 2.35 bits per heavy atom. The van der Waals surface area contributed by atoms with Crippen molar-refractivity contribution in [2.24, 2.45) is 17.8 Å². The van der Waals surface area contributed by atoms with E-state index < -0.39 is 18.2 Å². The zero-order chi connectivity index (χ0) is 13.3. The van der Waals surface area contributed by atoms with Crippen molar-refractivity contribution in [1.29, 1.82) is 0 Å². The van der Waals surface area contributed by atoms with E-state index in [1.165, 1.54) is 0 Å². The molecule has 0 saturated heterocycles. The van der Waals surface area contributed by atoms with Gasteiger partial charge in [0, 0.05) is 6.42 Å². The minimum absolute atomic E-state index is 0.000972. The molecule has 4 heteroatoms. The van der Waals surface area contributed by atoms with Crippen LogP contribution in [-0.2, 0) is 0 Å². The van der Waals surface area contributed by atoms with Gasteiger partial charge in [-0.05, 0) is 37.0 Å². The van der Waals surface area contributed by atoms with Crippen molar-refractivity contribution in [1.82, 2.24) is 0 Å². The molecule has 102 valence electrons. The molecule has 0 radical (unpaired) electrons. The summed E-state index contributed by atoms with van der Waals surface area (Å²) in [6.45, 7) is 5.98. The van der Waals surface area contributed by atoms with Crippen LogP contribution in [0.2, 0.25) is 0 Å². The molecule has 1 aliphatic rings. The van der Waals surface area contributed by atoms with Gasteiger partial charge >= 0.3 is 6.18 Å². The SMILES string of the molecule is CC1CCC(C(C)C)C(O)(CCC(F)(F)F)C1. The Morgan fingerprint density at radius 2 is 1.88 bits per heavy atom. The van der Waals surface area contributed by atoms with Crippen LogP contribution in [0.3, 0.4) is 0 Å².